The van der Waals surface area contributed by atoms with Gasteiger partial charge in [-0.3, -0.25) is 14.8 Å². The number of carbonyl (C=O) groups is 1. The van der Waals surface area contributed by atoms with E-state index in [4.69, 9.17) is 10.5 Å². The van der Waals surface area contributed by atoms with Gasteiger partial charge < -0.3 is 15.8 Å². The molecule has 30 heavy (non-hydrogen) atoms. The van der Waals surface area contributed by atoms with Gasteiger partial charge in [-0.1, -0.05) is 12.1 Å². The minimum atomic E-state index is -0.287. The third kappa shape index (κ3) is 5.51. The minimum Gasteiger partial charge on any atom is -0.494 e. The molecule has 2 aromatic carbocycles. The molecule has 4 N–H and O–H groups in total. The van der Waals surface area contributed by atoms with E-state index >= 15 is 0 Å². The van der Waals surface area contributed by atoms with Gasteiger partial charge in [0.1, 0.15) is 5.75 Å². The summed E-state index contributed by atoms with van der Waals surface area (Å²) in [6, 6.07) is 15.0. The highest BCUT2D eigenvalue weighted by Crippen LogP contribution is 2.22. The van der Waals surface area contributed by atoms with Gasteiger partial charge in [0, 0.05) is 36.6 Å². The van der Waals surface area contributed by atoms with Crippen molar-refractivity contribution in [3.63, 3.8) is 0 Å². The highest BCUT2D eigenvalue weighted by molar-refractivity contribution is 5.81. The molecular weight excluding hydrogens is 378 g/mol. The molecule has 0 bridgehead atoms. The number of carbonyl (C=O) groups excluding carboxylic acids is 1. The number of piperidine rings is 1. The number of aromatic nitrogens is 2. The quantitative estimate of drug-likeness (QED) is 0.473. The van der Waals surface area contributed by atoms with Crippen LogP contribution in [0.1, 0.15) is 31.2 Å². The van der Waals surface area contributed by atoms with Crippen molar-refractivity contribution in [1.82, 2.24) is 15.1 Å². The number of amides is 1. The Morgan fingerprint density at radius 1 is 1.30 bits per heavy atom. The maximum Gasteiger partial charge on any atom is 0.217 e. The van der Waals surface area contributed by atoms with Crippen LogP contribution < -0.4 is 15.8 Å². The van der Waals surface area contributed by atoms with Gasteiger partial charge in [-0.15, -0.1) is 0 Å². The molecule has 1 amide bonds. The largest absolute Gasteiger partial charge is 0.494 e. The molecule has 1 fully saturated rings. The molecule has 0 aliphatic carbocycles. The number of benzene rings is 2. The van der Waals surface area contributed by atoms with Crippen molar-refractivity contribution in [3.8, 4) is 5.75 Å². The molecular formula is C23H29N5O2. The van der Waals surface area contributed by atoms with Crippen LogP contribution in [0.3, 0.4) is 0 Å². The predicted molar refractivity (Wildman–Crippen MR) is 118 cm³/mol. The number of aromatic amines is 1. The van der Waals surface area contributed by atoms with Gasteiger partial charge in [0.15, 0.2) is 0 Å². The molecule has 1 atom stereocenters. The number of anilines is 1. The summed E-state index contributed by atoms with van der Waals surface area (Å²) in [5, 5.41) is 11.9. The third-order valence-electron chi connectivity index (χ3n) is 5.46. The zero-order valence-electron chi connectivity index (χ0n) is 17.1. The first-order valence-electron chi connectivity index (χ1n) is 10.6. The number of nitrogens with zero attached hydrogens (tertiary/aromatic N) is 2. The lowest BCUT2D eigenvalue weighted by Crippen LogP contribution is -2.41. The van der Waals surface area contributed by atoms with Gasteiger partial charge in [-0.2, -0.15) is 5.10 Å². The number of ether oxygens (including phenoxy) is 1. The van der Waals surface area contributed by atoms with Crippen LogP contribution in [0.25, 0.3) is 10.9 Å². The molecule has 0 saturated carbocycles. The number of fused-ring (bicyclic) bond motifs is 1. The Morgan fingerprint density at radius 3 is 3.13 bits per heavy atom. The minimum absolute atomic E-state index is 0.287. The van der Waals surface area contributed by atoms with Crippen LogP contribution in [0.15, 0.2) is 48.7 Å². The van der Waals surface area contributed by atoms with E-state index in [-0.39, 0.29) is 5.91 Å². The monoisotopic (exact) mass is 407 g/mol. The Morgan fingerprint density at radius 2 is 2.23 bits per heavy atom. The molecule has 1 aliphatic heterocycles. The summed E-state index contributed by atoms with van der Waals surface area (Å²) in [7, 11) is 0. The Bertz CT molecular complexity index is 986. The van der Waals surface area contributed by atoms with Crippen LogP contribution in [0.2, 0.25) is 0 Å². The molecule has 158 valence electrons. The van der Waals surface area contributed by atoms with E-state index in [1.54, 1.807) is 0 Å². The normalized spacial score (nSPS) is 17.1. The molecule has 2 heterocycles. The predicted octanol–water partition coefficient (Wildman–Crippen LogP) is 3.28. The molecule has 3 aromatic rings. The lowest BCUT2D eigenvalue weighted by atomic mass is 10.0. The summed E-state index contributed by atoms with van der Waals surface area (Å²) in [6.07, 6.45) is 5.20. The third-order valence-corrected chi connectivity index (χ3v) is 5.46. The summed E-state index contributed by atoms with van der Waals surface area (Å²) in [6.45, 7) is 3.51. The number of nitrogens with two attached hydrogens (primary N) is 1. The number of rotatable bonds is 9. The van der Waals surface area contributed by atoms with Crippen molar-refractivity contribution in [2.75, 3.05) is 25.0 Å². The zero-order chi connectivity index (χ0) is 20.8. The second-order valence-corrected chi connectivity index (χ2v) is 7.96. The van der Waals surface area contributed by atoms with E-state index < -0.39 is 0 Å². The summed E-state index contributed by atoms with van der Waals surface area (Å²) in [5.41, 5.74) is 8.61. The van der Waals surface area contributed by atoms with E-state index in [1.165, 1.54) is 18.4 Å². The van der Waals surface area contributed by atoms with Crippen LogP contribution in [0.5, 0.6) is 5.75 Å². The fourth-order valence-electron chi connectivity index (χ4n) is 4.01. The highest BCUT2D eigenvalue weighted by Gasteiger charge is 2.20. The summed E-state index contributed by atoms with van der Waals surface area (Å²) in [5.74, 6) is 0.558. The maximum atomic E-state index is 10.8. The van der Waals surface area contributed by atoms with Crippen molar-refractivity contribution in [3.05, 3.63) is 54.2 Å². The number of hydrogen-bond acceptors (Lipinski definition) is 5. The maximum absolute atomic E-state index is 10.8. The van der Waals surface area contributed by atoms with Crippen LogP contribution in [0.4, 0.5) is 5.69 Å². The van der Waals surface area contributed by atoms with Crippen molar-refractivity contribution in [1.29, 1.82) is 0 Å². The Balaban J connectivity index is 1.30. The average molecular weight is 408 g/mol. The van der Waals surface area contributed by atoms with Crippen LogP contribution in [0, 0.1) is 0 Å². The number of hydrogen-bond donors (Lipinski definition) is 3. The number of nitrogens with one attached hydrogen (secondary N) is 2. The summed E-state index contributed by atoms with van der Waals surface area (Å²) < 4.78 is 5.77. The first-order valence-corrected chi connectivity index (χ1v) is 10.6. The van der Waals surface area contributed by atoms with E-state index in [2.05, 4.69) is 50.7 Å². The van der Waals surface area contributed by atoms with Crippen LogP contribution >= 0.6 is 0 Å². The SMILES string of the molecule is NC(=O)CCCOc1cccc(CN2CCCC(Nc3ccc4[nH]ncc4c3)C2)c1. The van der Waals surface area contributed by atoms with E-state index in [1.807, 2.05) is 18.3 Å². The van der Waals surface area contributed by atoms with Crippen molar-refractivity contribution in [2.24, 2.45) is 5.73 Å². The standard InChI is InChI=1S/C23H29N5O2/c24-23(29)7-3-11-30-21-6-1-4-17(12-21)15-28-10-2-5-20(16-28)26-19-8-9-22-18(13-19)14-25-27-22/h1,4,6,8-9,12-14,20,26H,2-3,5,7,10-11,15-16H2,(H2,24,29)(H,25,27). The van der Waals surface area contributed by atoms with Gasteiger partial charge in [0.25, 0.3) is 0 Å². The number of likely N-dealkylation sites (tertiary alicyclic amines) is 1. The van der Waals surface area contributed by atoms with Gasteiger partial charge in [0.05, 0.1) is 18.3 Å². The first-order chi connectivity index (χ1) is 14.7. The topological polar surface area (TPSA) is 96.3 Å². The van der Waals surface area contributed by atoms with Crippen molar-refractivity contribution < 1.29 is 9.53 Å². The molecule has 1 aliphatic rings. The van der Waals surface area contributed by atoms with E-state index in [0.717, 1.165) is 42.0 Å². The fourth-order valence-corrected chi connectivity index (χ4v) is 4.01. The van der Waals surface area contributed by atoms with Gasteiger partial charge in [-0.05, 0) is 61.7 Å². The highest BCUT2D eigenvalue weighted by atomic mass is 16.5. The lowest BCUT2D eigenvalue weighted by Gasteiger charge is -2.33. The summed E-state index contributed by atoms with van der Waals surface area (Å²) >= 11 is 0. The smallest absolute Gasteiger partial charge is 0.217 e. The first kappa shape index (κ1) is 20.2. The van der Waals surface area contributed by atoms with Gasteiger partial charge in [-0.25, -0.2) is 0 Å². The van der Waals surface area contributed by atoms with Crippen molar-refractivity contribution >= 4 is 22.5 Å². The Hall–Kier alpha value is -3.06. The fraction of sp³-hybridized carbons (Fsp3) is 0.391. The Labute approximate surface area is 176 Å². The van der Waals surface area contributed by atoms with Crippen molar-refractivity contribution in [2.45, 2.75) is 38.3 Å². The molecule has 7 nitrogen and oxygen atoms in total. The van der Waals surface area contributed by atoms with E-state index in [0.29, 0.717) is 25.5 Å². The number of H-pyrrole nitrogens is 1. The second kappa shape index (κ2) is 9.63. The Kier molecular flexibility index (Phi) is 6.49. The summed E-state index contributed by atoms with van der Waals surface area (Å²) in [4.78, 5) is 13.3. The molecule has 0 radical (unpaired) electrons. The molecule has 1 aromatic heterocycles. The van der Waals surface area contributed by atoms with Gasteiger partial charge >= 0.3 is 0 Å². The van der Waals surface area contributed by atoms with E-state index in [9.17, 15) is 4.79 Å². The molecule has 7 heteroatoms. The molecule has 1 unspecified atom stereocenters. The second-order valence-electron chi connectivity index (χ2n) is 7.96. The zero-order valence-corrected chi connectivity index (χ0v) is 17.1. The molecule has 1 saturated heterocycles. The van der Waals surface area contributed by atoms with Crippen LogP contribution in [-0.2, 0) is 11.3 Å². The number of primary amides is 1. The molecule has 0 spiro atoms. The molecule has 4 rings (SSSR count). The average Bonchev–Trinajstić information content (AvgIpc) is 3.20. The van der Waals surface area contributed by atoms with Crippen LogP contribution in [-0.4, -0.2) is 46.7 Å². The lowest BCUT2D eigenvalue weighted by molar-refractivity contribution is -0.118. The van der Waals surface area contributed by atoms with Gasteiger partial charge in [0.2, 0.25) is 5.91 Å².